The first-order valence-corrected chi connectivity index (χ1v) is 6.77. The molecule has 1 unspecified atom stereocenters. The van der Waals surface area contributed by atoms with Gasteiger partial charge in [-0.1, -0.05) is 18.2 Å². The first-order valence-electron chi connectivity index (χ1n) is 6.77. The molecule has 0 bridgehead atoms. The molecule has 2 aromatic carbocycles. The molecule has 0 aromatic heterocycles. The van der Waals surface area contributed by atoms with Gasteiger partial charge in [0.25, 0.3) is 0 Å². The Hall–Kier alpha value is -2.54. The van der Waals surface area contributed by atoms with Gasteiger partial charge in [-0.2, -0.15) is 5.26 Å². The molecule has 21 heavy (non-hydrogen) atoms. The van der Waals surface area contributed by atoms with Crippen molar-refractivity contribution in [1.82, 2.24) is 0 Å². The summed E-state index contributed by atoms with van der Waals surface area (Å²) in [4.78, 5) is 0. The Bertz CT molecular complexity index is 632. The van der Waals surface area contributed by atoms with Gasteiger partial charge in [-0.15, -0.1) is 0 Å². The van der Waals surface area contributed by atoms with Crippen LogP contribution in [0.3, 0.4) is 0 Å². The van der Waals surface area contributed by atoms with E-state index in [1.807, 2.05) is 38.1 Å². The number of ether oxygens (including phenoxy) is 1. The lowest BCUT2D eigenvalue weighted by molar-refractivity contribution is 0.242. The molecule has 3 nitrogen and oxygen atoms in total. The van der Waals surface area contributed by atoms with Crippen LogP contribution in [0.1, 0.15) is 25.5 Å². The maximum Gasteiger partial charge on any atom is 0.140 e. The second-order valence-corrected chi connectivity index (χ2v) is 4.95. The Morgan fingerprint density at radius 3 is 2.43 bits per heavy atom. The maximum absolute atomic E-state index is 13.2. The second kappa shape index (κ2) is 6.76. The highest BCUT2D eigenvalue weighted by Crippen LogP contribution is 2.22. The van der Waals surface area contributed by atoms with Crippen molar-refractivity contribution in [3.63, 3.8) is 0 Å². The van der Waals surface area contributed by atoms with Crippen molar-refractivity contribution in [2.45, 2.75) is 26.0 Å². The van der Waals surface area contributed by atoms with Gasteiger partial charge in [0, 0.05) is 5.69 Å². The Balaban J connectivity index is 2.12. The van der Waals surface area contributed by atoms with E-state index < -0.39 is 6.04 Å². The lowest BCUT2D eigenvalue weighted by atomic mass is 10.1. The highest BCUT2D eigenvalue weighted by atomic mass is 19.1. The number of nitrogens with one attached hydrogen (secondary N) is 1. The summed E-state index contributed by atoms with van der Waals surface area (Å²) in [5.41, 5.74) is 1.38. The zero-order valence-electron chi connectivity index (χ0n) is 12.0. The highest BCUT2D eigenvalue weighted by Gasteiger charge is 2.11. The fraction of sp³-hybridized carbons (Fsp3) is 0.235. The number of hydrogen-bond donors (Lipinski definition) is 1. The standard InChI is InChI=1S/C17H17FN2O/c1-12(2)21-16-8-6-13(7-9-16)17(11-19)20-15-5-3-4-14(18)10-15/h3-10,12,17,20H,1-2H3. The fourth-order valence-electron chi connectivity index (χ4n) is 1.95. The van der Waals surface area contributed by atoms with Crippen molar-refractivity contribution < 1.29 is 9.13 Å². The Labute approximate surface area is 124 Å². The van der Waals surface area contributed by atoms with Gasteiger partial charge in [0.1, 0.15) is 17.6 Å². The van der Waals surface area contributed by atoms with Gasteiger partial charge in [-0.3, -0.25) is 0 Å². The van der Waals surface area contributed by atoms with Crippen molar-refractivity contribution in [2.24, 2.45) is 0 Å². The minimum Gasteiger partial charge on any atom is -0.491 e. The van der Waals surface area contributed by atoms with Gasteiger partial charge in [0.15, 0.2) is 0 Å². The minimum atomic E-state index is -0.542. The molecule has 1 N–H and O–H groups in total. The van der Waals surface area contributed by atoms with Crippen LogP contribution >= 0.6 is 0 Å². The average Bonchev–Trinajstić information content (AvgIpc) is 2.45. The lowest BCUT2D eigenvalue weighted by Gasteiger charge is -2.15. The van der Waals surface area contributed by atoms with Gasteiger partial charge >= 0.3 is 0 Å². The summed E-state index contributed by atoms with van der Waals surface area (Å²) in [5.74, 6) is 0.425. The number of hydrogen-bond acceptors (Lipinski definition) is 3. The third-order valence-corrected chi connectivity index (χ3v) is 2.85. The van der Waals surface area contributed by atoms with Crippen molar-refractivity contribution in [3.8, 4) is 11.8 Å². The summed E-state index contributed by atoms with van der Waals surface area (Å²) >= 11 is 0. The minimum absolute atomic E-state index is 0.105. The van der Waals surface area contributed by atoms with E-state index in [9.17, 15) is 9.65 Å². The summed E-state index contributed by atoms with van der Waals surface area (Å²) in [7, 11) is 0. The molecule has 0 aliphatic rings. The highest BCUT2D eigenvalue weighted by molar-refractivity contribution is 5.48. The maximum atomic E-state index is 13.2. The first kappa shape index (κ1) is 14.9. The second-order valence-electron chi connectivity index (χ2n) is 4.95. The van der Waals surface area contributed by atoms with Crippen LogP contribution in [0.25, 0.3) is 0 Å². The number of benzene rings is 2. The topological polar surface area (TPSA) is 45.0 Å². The van der Waals surface area contributed by atoms with Crippen LogP contribution in [0.15, 0.2) is 48.5 Å². The van der Waals surface area contributed by atoms with Crippen molar-refractivity contribution in [2.75, 3.05) is 5.32 Å². The van der Waals surface area contributed by atoms with Crippen LogP contribution < -0.4 is 10.1 Å². The largest absolute Gasteiger partial charge is 0.491 e. The number of halogens is 1. The van der Waals surface area contributed by atoms with Crippen molar-refractivity contribution in [3.05, 3.63) is 59.9 Å². The predicted octanol–water partition coefficient (Wildman–Crippen LogP) is 4.29. The lowest BCUT2D eigenvalue weighted by Crippen LogP contribution is -2.09. The van der Waals surface area contributed by atoms with Crippen molar-refractivity contribution in [1.29, 1.82) is 5.26 Å². The smallest absolute Gasteiger partial charge is 0.140 e. The molecule has 4 heteroatoms. The third kappa shape index (κ3) is 4.22. The fourth-order valence-corrected chi connectivity index (χ4v) is 1.95. The number of anilines is 1. The zero-order chi connectivity index (χ0) is 15.2. The Kier molecular flexibility index (Phi) is 4.78. The number of nitriles is 1. The molecule has 0 aliphatic carbocycles. The van der Waals surface area contributed by atoms with Gasteiger partial charge < -0.3 is 10.1 Å². The van der Waals surface area contributed by atoms with Crippen LogP contribution in [0.2, 0.25) is 0 Å². The Morgan fingerprint density at radius 2 is 1.86 bits per heavy atom. The van der Waals surface area contributed by atoms with E-state index in [1.165, 1.54) is 12.1 Å². The van der Waals surface area contributed by atoms with Gasteiger partial charge in [-0.25, -0.2) is 4.39 Å². The summed E-state index contributed by atoms with van der Waals surface area (Å²) in [5, 5.41) is 12.3. The van der Waals surface area contributed by atoms with E-state index in [2.05, 4.69) is 11.4 Å². The van der Waals surface area contributed by atoms with Crippen LogP contribution in [-0.4, -0.2) is 6.10 Å². The van der Waals surface area contributed by atoms with E-state index in [1.54, 1.807) is 12.1 Å². The molecule has 0 saturated heterocycles. The van der Waals surface area contributed by atoms with Crippen LogP contribution in [-0.2, 0) is 0 Å². The van der Waals surface area contributed by atoms with E-state index in [4.69, 9.17) is 4.74 Å². The number of rotatable bonds is 5. The van der Waals surface area contributed by atoms with Crippen LogP contribution in [0, 0.1) is 17.1 Å². The van der Waals surface area contributed by atoms with E-state index in [0.29, 0.717) is 5.69 Å². The normalized spacial score (nSPS) is 11.8. The van der Waals surface area contributed by atoms with Crippen LogP contribution in [0.5, 0.6) is 5.75 Å². The Morgan fingerprint density at radius 1 is 1.14 bits per heavy atom. The molecule has 0 amide bonds. The molecule has 0 heterocycles. The van der Waals surface area contributed by atoms with E-state index in [-0.39, 0.29) is 11.9 Å². The molecule has 2 rings (SSSR count). The molecule has 108 valence electrons. The summed E-state index contributed by atoms with van der Waals surface area (Å²) in [6.45, 7) is 3.91. The molecule has 0 aliphatic heterocycles. The van der Waals surface area contributed by atoms with Crippen LogP contribution in [0.4, 0.5) is 10.1 Å². The molecule has 2 aromatic rings. The summed E-state index contributed by atoms with van der Waals surface area (Å²) < 4.78 is 18.7. The van der Waals surface area contributed by atoms with Gasteiger partial charge in [-0.05, 0) is 49.7 Å². The van der Waals surface area contributed by atoms with E-state index in [0.717, 1.165) is 11.3 Å². The quantitative estimate of drug-likeness (QED) is 0.890. The average molecular weight is 284 g/mol. The summed E-state index contributed by atoms with van der Waals surface area (Å²) in [6, 6.07) is 15.0. The van der Waals surface area contributed by atoms with Crippen molar-refractivity contribution >= 4 is 5.69 Å². The van der Waals surface area contributed by atoms with E-state index >= 15 is 0 Å². The molecule has 0 fully saturated rings. The van der Waals surface area contributed by atoms with Gasteiger partial charge in [0.2, 0.25) is 0 Å². The molecule has 1 atom stereocenters. The number of nitrogens with zero attached hydrogens (tertiary/aromatic N) is 1. The molecular weight excluding hydrogens is 267 g/mol. The SMILES string of the molecule is CC(C)Oc1ccc(C(C#N)Nc2cccc(F)c2)cc1. The third-order valence-electron chi connectivity index (χ3n) is 2.85. The monoisotopic (exact) mass is 284 g/mol. The first-order chi connectivity index (χ1) is 10.1. The molecule has 0 saturated carbocycles. The summed E-state index contributed by atoms with van der Waals surface area (Å²) in [6.07, 6.45) is 0.105. The molecular formula is C17H17FN2O. The molecule has 0 spiro atoms. The molecule has 0 radical (unpaired) electrons. The predicted molar refractivity (Wildman–Crippen MR) is 80.6 cm³/mol. The zero-order valence-corrected chi connectivity index (χ0v) is 12.0. The van der Waals surface area contributed by atoms with Gasteiger partial charge in [0.05, 0.1) is 12.2 Å².